The summed E-state index contributed by atoms with van der Waals surface area (Å²) >= 11 is 0. The average molecular weight is 531 g/mol. The van der Waals surface area contributed by atoms with Crippen molar-refractivity contribution in [3.63, 3.8) is 0 Å². The van der Waals surface area contributed by atoms with E-state index in [2.05, 4.69) is 20.4 Å². The lowest BCUT2D eigenvalue weighted by Gasteiger charge is -2.31. The molecule has 1 aliphatic carbocycles. The number of hydrogen-bond donors (Lipinski definition) is 1. The number of carbonyl (C=O) groups is 1. The summed E-state index contributed by atoms with van der Waals surface area (Å²) in [5.74, 6) is 0.640. The molecule has 1 saturated carbocycles. The number of aromatic nitrogens is 4. The van der Waals surface area contributed by atoms with Crippen LogP contribution in [-0.4, -0.2) is 62.2 Å². The molecular formula is C28H37F3N6O. The molecule has 0 saturated heterocycles. The molecule has 0 unspecified atom stereocenters. The molecule has 3 aromatic rings. The second kappa shape index (κ2) is 11.5. The first kappa shape index (κ1) is 26.7. The first-order valence-corrected chi connectivity index (χ1v) is 13.8. The minimum Gasteiger partial charge on any atom is -0.349 e. The highest BCUT2D eigenvalue weighted by Gasteiger charge is 2.27. The van der Waals surface area contributed by atoms with E-state index in [0.717, 1.165) is 81.2 Å². The number of carbonyl (C=O) groups excluding carboxylic acids is 1. The molecular weight excluding hydrogens is 493 g/mol. The van der Waals surface area contributed by atoms with E-state index in [1.54, 1.807) is 9.36 Å². The molecule has 0 atom stereocenters. The van der Waals surface area contributed by atoms with Crippen LogP contribution < -0.4 is 5.32 Å². The summed E-state index contributed by atoms with van der Waals surface area (Å²) in [4.78, 5) is 15.5. The zero-order chi connectivity index (χ0) is 26.7. The van der Waals surface area contributed by atoms with Gasteiger partial charge in [0.2, 0.25) is 0 Å². The third kappa shape index (κ3) is 6.57. The molecule has 0 bridgehead atoms. The minimum atomic E-state index is -4.11. The Kier molecular flexibility index (Phi) is 8.07. The Morgan fingerprint density at radius 1 is 1.11 bits per heavy atom. The average Bonchev–Trinajstić information content (AvgIpc) is 3.38. The first-order chi connectivity index (χ1) is 18.2. The molecule has 1 N–H and O–H groups in total. The van der Waals surface area contributed by atoms with E-state index in [9.17, 15) is 18.0 Å². The van der Waals surface area contributed by atoms with Crippen molar-refractivity contribution in [1.82, 2.24) is 29.8 Å². The Bertz CT molecular complexity index is 1240. The smallest absolute Gasteiger partial charge is 0.349 e. The van der Waals surface area contributed by atoms with E-state index in [1.807, 2.05) is 37.6 Å². The summed E-state index contributed by atoms with van der Waals surface area (Å²) in [5.41, 5.74) is 3.80. The van der Waals surface area contributed by atoms with Gasteiger partial charge in [-0.1, -0.05) is 6.07 Å². The highest BCUT2D eigenvalue weighted by molar-refractivity contribution is 6.06. The van der Waals surface area contributed by atoms with Gasteiger partial charge >= 0.3 is 6.18 Å². The number of nitrogens with one attached hydrogen (secondary N) is 1. The number of rotatable bonds is 8. The van der Waals surface area contributed by atoms with Crippen molar-refractivity contribution in [3.05, 3.63) is 47.4 Å². The van der Waals surface area contributed by atoms with Crippen molar-refractivity contribution in [1.29, 1.82) is 0 Å². The fourth-order valence-electron chi connectivity index (χ4n) is 6.03. The number of aryl methyl sites for hydroxylation is 2. The minimum absolute atomic E-state index is 0.0202. The Morgan fingerprint density at radius 3 is 2.68 bits per heavy atom. The number of alkyl halides is 3. The second-order valence-corrected chi connectivity index (χ2v) is 10.9. The zero-order valence-corrected chi connectivity index (χ0v) is 22.0. The van der Waals surface area contributed by atoms with Crippen LogP contribution in [-0.2, 0) is 26.4 Å². The van der Waals surface area contributed by atoms with Crippen LogP contribution in [0.5, 0.6) is 0 Å². The van der Waals surface area contributed by atoms with Crippen LogP contribution in [0, 0.1) is 5.92 Å². The van der Waals surface area contributed by atoms with Crippen molar-refractivity contribution in [2.24, 2.45) is 13.0 Å². The van der Waals surface area contributed by atoms with Gasteiger partial charge in [0.25, 0.3) is 5.91 Å². The largest absolute Gasteiger partial charge is 0.389 e. The van der Waals surface area contributed by atoms with E-state index >= 15 is 0 Å². The van der Waals surface area contributed by atoms with Gasteiger partial charge in [-0.2, -0.15) is 23.4 Å². The van der Waals surface area contributed by atoms with Crippen molar-refractivity contribution in [2.45, 2.75) is 76.6 Å². The first-order valence-electron chi connectivity index (χ1n) is 13.8. The van der Waals surface area contributed by atoms with Gasteiger partial charge in [0.15, 0.2) is 0 Å². The zero-order valence-electron chi connectivity index (χ0n) is 22.0. The van der Waals surface area contributed by atoms with Crippen molar-refractivity contribution in [2.75, 3.05) is 19.6 Å². The third-order valence-electron chi connectivity index (χ3n) is 8.17. The number of amides is 1. The maximum atomic E-state index is 13.0. The maximum absolute atomic E-state index is 13.0. The van der Waals surface area contributed by atoms with Gasteiger partial charge in [0.05, 0.1) is 17.3 Å². The monoisotopic (exact) mass is 530 g/mol. The molecule has 5 rings (SSSR count). The quantitative estimate of drug-likeness (QED) is 0.450. The lowest BCUT2D eigenvalue weighted by Crippen LogP contribution is -2.38. The van der Waals surface area contributed by atoms with E-state index in [1.165, 1.54) is 5.56 Å². The molecule has 206 valence electrons. The Morgan fingerprint density at radius 2 is 1.89 bits per heavy atom. The van der Waals surface area contributed by atoms with Crippen LogP contribution in [0.3, 0.4) is 0 Å². The summed E-state index contributed by atoms with van der Waals surface area (Å²) in [7, 11) is 1.86. The topological polar surface area (TPSA) is 68.0 Å². The van der Waals surface area contributed by atoms with Gasteiger partial charge in [-0.25, -0.2) is 0 Å². The molecule has 1 amide bonds. The maximum Gasteiger partial charge on any atom is 0.389 e. The van der Waals surface area contributed by atoms with E-state index < -0.39 is 12.6 Å². The van der Waals surface area contributed by atoms with E-state index in [4.69, 9.17) is 0 Å². The molecule has 10 heteroatoms. The number of halogens is 3. The van der Waals surface area contributed by atoms with Crippen molar-refractivity contribution >= 4 is 16.8 Å². The summed E-state index contributed by atoms with van der Waals surface area (Å²) in [5, 5.41) is 12.9. The van der Waals surface area contributed by atoms with Crippen molar-refractivity contribution < 1.29 is 18.0 Å². The van der Waals surface area contributed by atoms with Gasteiger partial charge in [-0.15, -0.1) is 0 Å². The van der Waals surface area contributed by atoms with E-state index in [-0.39, 0.29) is 18.4 Å². The number of benzene rings is 1. The van der Waals surface area contributed by atoms with E-state index in [0.29, 0.717) is 18.0 Å². The fraction of sp³-hybridized carbons (Fsp3) is 0.607. The van der Waals surface area contributed by atoms with Crippen molar-refractivity contribution in [3.8, 4) is 0 Å². The molecule has 1 aromatic carbocycles. The number of nitrogens with zero attached hydrogens (tertiary/aromatic N) is 5. The highest BCUT2D eigenvalue weighted by Crippen LogP contribution is 2.28. The number of fused-ring (bicyclic) bond motifs is 2. The van der Waals surface area contributed by atoms with Gasteiger partial charge in [0, 0.05) is 62.8 Å². The van der Waals surface area contributed by atoms with Gasteiger partial charge in [0.1, 0.15) is 0 Å². The lowest BCUT2D eigenvalue weighted by molar-refractivity contribution is -0.136. The molecule has 3 heterocycles. The summed E-state index contributed by atoms with van der Waals surface area (Å²) < 4.78 is 41.1. The molecule has 1 fully saturated rings. The predicted molar refractivity (Wildman–Crippen MR) is 140 cm³/mol. The van der Waals surface area contributed by atoms with Crippen LogP contribution in [0.1, 0.15) is 66.6 Å². The lowest BCUT2D eigenvalue weighted by atomic mass is 9.84. The van der Waals surface area contributed by atoms with Crippen LogP contribution in [0.25, 0.3) is 10.9 Å². The summed E-state index contributed by atoms with van der Waals surface area (Å²) in [6.07, 6.45) is 6.05. The van der Waals surface area contributed by atoms with Gasteiger partial charge in [-0.3, -0.25) is 14.2 Å². The van der Waals surface area contributed by atoms with Gasteiger partial charge in [-0.05, 0) is 75.1 Å². The van der Waals surface area contributed by atoms with Crippen LogP contribution in [0.4, 0.5) is 13.2 Å². The predicted octanol–water partition coefficient (Wildman–Crippen LogP) is 4.89. The normalized spacial score (nSPS) is 20.8. The highest BCUT2D eigenvalue weighted by atomic mass is 19.4. The Balaban J connectivity index is 1.04. The molecule has 0 radical (unpaired) electrons. The number of hydrogen-bond acceptors (Lipinski definition) is 4. The second-order valence-electron chi connectivity index (χ2n) is 10.9. The summed E-state index contributed by atoms with van der Waals surface area (Å²) in [6.45, 7) is 3.25. The standard InChI is InChI=1S/C28H37F3N6O/c1-35-19-24-23(4-2-5-25(24)34-35)27(38)33-22-8-6-20(7-9-22)10-15-36-16-11-21-18-32-37(26(21)12-17-36)14-3-13-28(29,30)31/h2,4-5,18-20,22H,3,6-17H2,1H3,(H,33,38)/t20-,22-. The molecule has 2 aromatic heterocycles. The molecule has 1 aliphatic heterocycles. The SMILES string of the molecule is Cn1cc2c(C(=O)N[C@H]3CC[C@H](CCN4CCc5cnn(CCCC(F)(F)F)c5CC4)CC3)cccc2n1. The Hall–Kier alpha value is -2.88. The molecule has 2 aliphatic rings. The molecule has 7 nitrogen and oxygen atoms in total. The van der Waals surface area contributed by atoms with Crippen LogP contribution in [0.15, 0.2) is 30.6 Å². The molecule has 38 heavy (non-hydrogen) atoms. The Labute approximate surface area is 221 Å². The van der Waals surface area contributed by atoms with Crippen LogP contribution in [0.2, 0.25) is 0 Å². The fourth-order valence-corrected chi connectivity index (χ4v) is 6.03. The van der Waals surface area contributed by atoms with Gasteiger partial charge < -0.3 is 10.2 Å². The van der Waals surface area contributed by atoms with Crippen LogP contribution >= 0.6 is 0 Å². The third-order valence-corrected chi connectivity index (χ3v) is 8.17. The molecule has 0 spiro atoms. The summed E-state index contributed by atoms with van der Waals surface area (Å²) in [6, 6.07) is 5.88.